The summed E-state index contributed by atoms with van der Waals surface area (Å²) in [6.45, 7) is 0.425. The Bertz CT molecular complexity index is 1070. The maximum Gasteiger partial charge on any atom is 0.270 e. The summed E-state index contributed by atoms with van der Waals surface area (Å²) in [6, 6.07) is 18.5. The van der Waals surface area contributed by atoms with Crippen LogP contribution in [0, 0.1) is 0 Å². The second-order valence-electron chi connectivity index (χ2n) is 6.08. The van der Waals surface area contributed by atoms with Gasteiger partial charge in [0.2, 0.25) is 0 Å². The molecule has 2 N–H and O–H groups in total. The van der Waals surface area contributed by atoms with Crippen LogP contribution in [0.25, 0.3) is 17.1 Å². The summed E-state index contributed by atoms with van der Waals surface area (Å²) in [5.41, 5.74) is 2.19. The summed E-state index contributed by atoms with van der Waals surface area (Å²) in [6.07, 6.45) is 2.14. The smallest absolute Gasteiger partial charge is 0.270 e. The van der Waals surface area contributed by atoms with Crippen molar-refractivity contribution in [1.82, 2.24) is 30.3 Å². The van der Waals surface area contributed by atoms with Gasteiger partial charge in [0.1, 0.15) is 11.5 Å². The molecule has 0 saturated carbocycles. The number of carbonyl (C=O) groups excluding carboxylic acids is 1. The van der Waals surface area contributed by atoms with Crippen molar-refractivity contribution in [3.8, 4) is 17.1 Å². The van der Waals surface area contributed by atoms with Gasteiger partial charge in [0.05, 0.1) is 11.9 Å². The first kappa shape index (κ1) is 17.9. The molecule has 0 aliphatic heterocycles. The summed E-state index contributed by atoms with van der Waals surface area (Å²) in [5.74, 6) is 1.10. The van der Waals surface area contributed by atoms with E-state index < -0.39 is 0 Å². The number of nitrogens with one attached hydrogen (secondary N) is 2. The lowest BCUT2D eigenvalue weighted by molar-refractivity contribution is 0.0946. The van der Waals surface area contributed by atoms with E-state index in [-0.39, 0.29) is 5.91 Å². The Morgan fingerprint density at radius 2 is 1.86 bits per heavy atom. The Labute approximate surface area is 166 Å². The zero-order chi connectivity index (χ0) is 19.3. The number of nitrogens with zero attached hydrogens (tertiary/aromatic N) is 4. The van der Waals surface area contributed by atoms with Gasteiger partial charge in [-0.2, -0.15) is 10.2 Å². The largest absolute Gasteiger partial charge is 0.350 e. The molecule has 0 spiro atoms. The van der Waals surface area contributed by atoms with Gasteiger partial charge in [-0.25, -0.2) is 9.67 Å². The highest BCUT2D eigenvalue weighted by Gasteiger charge is 2.13. The predicted molar refractivity (Wildman–Crippen MR) is 106 cm³/mol. The van der Waals surface area contributed by atoms with E-state index in [0.717, 1.165) is 11.3 Å². The third-order valence-electron chi connectivity index (χ3n) is 4.16. The third-order valence-corrected chi connectivity index (χ3v) is 4.41. The molecule has 7 nitrogen and oxygen atoms in total. The number of halogens is 1. The topological polar surface area (TPSA) is 88.5 Å². The van der Waals surface area contributed by atoms with E-state index in [2.05, 4.69) is 25.6 Å². The quantitative estimate of drug-likeness (QED) is 0.527. The Morgan fingerprint density at radius 1 is 1.07 bits per heavy atom. The van der Waals surface area contributed by atoms with Crippen molar-refractivity contribution in [2.75, 3.05) is 6.54 Å². The highest BCUT2D eigenvalue weighted by atomic mass is 35.5. The molecule has 1 amide bonds. The number of amides is 1. The summed E-state index contributed by atoms with van der Waals surface area (Å²) in [4.78, 5) is 17.0. The van der Waals surface area contributed by atoms with Crippen molar-refractivity contribution >= 4 is 17.5 Å². The molecular formula is C20H17ClN6O. The minimum atomic E-state index is -0.196. The fourth-order valence-corrected chi connectivity index (χ4v) is 2.90. The van der Waals surface area contributed by atoms with Crippen LogP contribution in [0.3, 0.4) is 0 Å². The van der Waals surface area contributed by atoms with Gasteiger partial charge in [0, 0.05) is 23.6 Å². The molecule has 140 valence electrons. The lowest BCUT2D eigenvalue weighted by atomic mass is 10.2. The molecule has 4 rings (SSSR count). The number of para-hydroxylation sites is 1. The average molecular weight is 393 g/mol. The Balaban J connectivity index is 1.37. The van der Waals surface area contributed by atoms with Crippen LogP contribution in [0.5, 0.6) is 0 Å². The van der Waals surface area contributed by atoms with E-state index in [1.165, 1.54) is 0 Å². The van der Waals surface area contributed by atoms with Crippen molar-refractivity contribution < 1.29 is 4.79 Å². The van der Waals surface area contributed by atoms with Gasteiger partial charge in [-0.05, 0) is 42.5 Å². The molecule has 2 heterocycles. The van der Waals surface area contributed by atoms with Gasteiger partial charge in [-0.3, -0.25) is 9.89 Å². The monoisotopic (exact) mass is 392 g/mol. The highest BCUT2D eigenvalue weighted by Crippen LogP contribution is 2.17. The van der Waals surface area contributed by atoms with Crippen LogP contribution in [0.1, 0.15) is 16.3 Å². The molecule has 4 aromatic rings. The van der Waals surface area contributed by atoms with Crippen molar-refractivity contribution in [3.63, 3.8) is 0 Å². The highest BCUT2D eigenvalue weighted by molar-refractivity contribution is 6.30. The number of aromatic nitrogens is 5. The van der Waals surface area contributed by atoms with Crippen LogP contribution in [-0.2, 0) is 6.42 Å². The van der Waals surface area contributed by atoms with Gasteiger partial charge >= 0.3 is 0 Å². The summed E-state index contributed by atoms with van der Waals surface area (Å²) in [5, 5.41) is 14.9. The fourth-order valence-electron chi connectivity index (χ4n) is 2.77. The van der Waals surface area contributed by atoms with E-state index in [9.17, 15) is 4.79 Å². The van der Waals surface area contributed by atoms with Crippen LogP contribution in [0.15, 0.2) is 66.9 Å². The molecule has 8 heteroatoms. The number of benzene rings is 2. The molecular weight excluding hydrogens is 376 g/mol. The fraction of sp³-hybridized carbons (Fsp3) is 0.100. The predicted octanol–water partition coefficient (Wildman–Crippen LogP) is 3.28. The van der Waals surface area contributed by atoms with Crippen LogP contribution >= 0.6 is 11.6 Å². The first-order valence-corrected chi connectivity index (χ1v) is 9.13. The van der Waals surface area contributed by atoms with E-state index in [0.29, 0.717) is 35.3 Å². The van der Waals surface area contributed by atoms with E-state index in [1.807, 2.05) is 42.5 Å². The van der Waals surface area contributed by atoms with Crippen molar-refractivity contribution in [3.05, 3.63) is 83.4 Å². The number of hydrogen-bond donors (Lipinski definition) is 2. The lowest BCUT2D eigenvalue weighted by Crippen LogP contribution is -2.28. The van der Waals surface area contributed by atoms with Gasteiger partial charge in [-0.15, -0.1) is 0 Å². The van der Waals surface area contributed by atoms with Crippen molar-refractivity contribution in [2.24, 2.45) is 0 Å². The number of H-pyrrole nitrogens is 1. The van der Waals surface area contributed by atoms with Gasteiger partial charge in [-0.1, -0.05) is 29.8 Å². The molecule has 0 radical (unpaired) electrons. The minimum Gasteiger partial charge on any atom is -0.350 e. The lowest BCUT2D eigenvalue weighted by Gasteiger charge is -2.07. The normalized spacial score (nSPS) is 10.8. The van der Waals surface area contributed by atoms with Gasteiger partial charge in [0.25, 0.3) is 5.91 Å². The molecule has 2 aromatic heterocycles. The van der Waals surface area contributed by atoms with Crippen LogP contribution in [0.4, 0.5) is 0 Å². The third kappa shape index (κ3) is 3.94. The number of hydrogen-bond acceptors (Lipinski definition) is 4. The maximum atomic E-state index is 12.5. The molecule has 0 unspecified atom stereocenters. The summed E-state index contributed by atoms with van der Waals surface area (Å²) < 4.78 is 1.61. The minimum absolute atomic E-state index is 0.196. The molecule has 0 fully saturated rings. The van der Waals surface area contributed by atoms with Crippen LogP contribution in [-0.4, -0.2) is 37.4 Å². The summed E-state index contributed by atoms with van der Waals surface area (Å²) in [7, 11) is 0. The Morgan fingerprint density at radius 3 is 2.64 bits per heavy atom. The standard InChI is InChI=1S/C20H17ClN6O/c21-15-8-6-14(7-9-15)19-24-18(25-26-19)11-12-22-20(28)17-10-13-23-27(17)16-4-2-1-3-5-16/h1-10,13H,11-12H2,(H,22,28)(H,24,25,26). The van der Waals surface area contributed by atoms with Crippen LogP contribution in [0.2, 0.25) is 5.02 Å². The van der Waals surface area contributed by atoms with Gasteiger partial charge < -0.3 is 5.32 Å². The molecule has 0 aliphatic carbocycles. The molecule has 0 saturated heterocycles. The molecule has 0 aliphatic rings. The first-order valence-electron chi connectivity index (χ1n) is 8.75. The maximum absolute atomic E-state index is 12.5. The average Bonchev–Trinajstić information content (AvgIpc) is 3.39. The molecule has 28 heavy (non-hydrogen) atoms. The second-order valence-corrected chi connectivity index (χ2v) is 6.52. The SMILES string of the molecule is O=C(NCCc1nc(-c2ccc(Cl)cc2)n[nH]1)c1ccnn1-c1ccccc1. The van der Waals surface area contributed by atoms with Gasteiger partial charge in [0.15, 0.2) is 5.82 Å². The van der Waals surface area contributed by atoms with E-state index in [1.54, 1.807) is 29.1 Å². The first-order chi connectivity index (χ1) is 13.7. The van der Waals surface area contributed by atoms with Crippen molar-refractivity contribution in [1.29, 1.82) is 0 Å². The number of aromatic amines is 1. The summed E-state index contributed by atoms with van der Waals surface area (Å²) >= 11 is 5.90. The molecule has 2 aromatic carbocycles. The molecule has 0 bridgehead atoms. The zero-order valence-corrected chi connectivity index (χ0v) is 15.6. The zero-order valence-electron chi connectivity index (χ0n) is 14.8. The Hall–Kier alpha value is -3.45. The number of carbonyl (C=O) groups is 1. The Kier molecular flexibility index (Phi) is 5.16. The van der Waals surface area contributed by atoms with E-state index in [4.69, 9.17) is 11.6 Å². The second kappa shape index (κ2) is 8.06. The van der Waals surface area contributed by atoms with E-state index >= 15 is 0 Å². The number of rotatable bonds is 6. The van der Waals surface area contributed by atoms with Crippen molar-refractivity contribution in [2.45, 2.75) is 6.42 Å². The molecule has 0 atom stereocenters. The van der Waals surface area contributed by atoms with Crippen LogP contribution < -0.4 is 5.32 Å².